The summed E-state index contributed by atoms with van der Waals surface area (Å²) in [6.45, 7) is 10.2. The molecule has 8 heteroatoms. The van der Waals surface area contributed by atoms with Crippen LogP contribution in [0.25, 0.3) is 0 Å². The van der Waals surface area contributed by atoms with Gasteiger partial charge in [-0.05, 0) is 45.0 Å². The zero-order chi connectivity index (χ0) is 24.3. The van der Waals surface area contributed by atoms with Crippen molar-refractivity contribution < 1.29 is 23.8 Å². The van der Waals surface area contributed by atoms with Crippen molar-refractivity contribution in [3.63, 3.8) is 0 Å². The molecule has 0 bridgehead atoms. The summed E-state index contributed by atoms with van der Waals surface area (Å²) < 4.78 is 17.0. The van der Waals surface area contributed by atoms with E-state index in [0.29, 0.717) is 55.7 Å². The fraction of sp³-hybridized carbons (Fsp3) is 0.462. The largest absolute Gasteiger partial charge is 0.490 e. The number of benzene rings is 2. The predicted octanol–water partition coefficient (Wildman–Crippen LogP) is 3.35. The lowest BCUT2D eigenvalue weighted by atomic mass is 10.1. The Kier molecular flexibility index (Phi) is 9.43. The van der Waals surface area contributed by atoms with E-state index in [1.54, 1.807) is 12.1 Å². The smallest absolute Gasteiger partial charge is 0.251 e. The normalized spacial score (nSPS) is 13.4. The lowest BCUT2D eigenvalue weighted by molar-refractivity contribution is -0.131. The minimum Gasteiger partial charge on any atom is -0.490 e. The molecule has 1 aliphatic rings. The van der Waals surface area contributed by atoms with E-state index in [1.807, 2.05) is 43.9 Å². The third kappa shape index (κ3) is 6.56. The van der Waals surface area contributed by atoms with Crippen LogP contribution in [0.4, 0.5) is 5.69 Å². The summed E-state index contributed by atoms with van der Waals surface area (Å²) in [5.74, 6) is 1.18. The second-order valence-electron chi connectivity index (χ2n) is 7.81. The van der Waals surface area contributed by atoms with Gasteiger partial charge in [0, 0.05) is 50.4 Å². The quantitative estimate of drug-likeness (QED) is 0.544. The molecule has 0 aromatic heterocycles. The van der Waals surface area contributed by atoms with Gasteiger partial charge in [0.1, 0.15) is 0 Å². The Hall–Kier alpha value is -3.42. The highest BCUT2D eigenvalue weighted by Gasteiger charge is 2.22. The van der Waals surface area contributed by atoms with Gasteiger partial charge in [-0.2, -0.15) is 0 Å². The summed E-state index contributed by atoms with van der Waals surface area (Å²) in [5.41, 5.74) is 1.58. The first kappa shape index (κ1) is 25.2. The van der Waals surface area contributed by atoms with Crippen molar-refractivity contribution in [2.24, 2.45) is 0 Å². The number of para-hydroxylation sites is 1. The molecule has 1 aliphatic heterocycles. The number of nitrogens with one attached hydrogen (secondary N) is 1. The monoisotopic (exact) mass is 469 g/mol. The highest BCUT2D eigenvalue weighted by atomic mass is 16.5. The maximum absolute atomic E-state index is 12.8. The van der Waals surface area contributed by atoms with Crippen LogP contribution in [0.2, 0.25) is 0 Å². The zero-order valence-electron chi connectivity index (χ0n) is 20.3. The van der Waals surface area contributed by atoms with Crippen LogP contribution >= 0.6 is 0 Å². The number of nitrogens with zero attached hydrogens (tertiary/aromatic N) is 2. The average molecular weight is 470 g/mol. The van der Waals surface area contributed by atoms with Crippen LogP contribution in [0.15, 0.2) is 42.5 Å². The molecule has 0 radical (unpaired) electrons. The molecule has 1 fully saturated rings. The van der Waals surface area contributed by atoms with Gasteiger partial charge in [-0.1, -0.05) is 18.2 Å². The van der Waals surface area contributed by atoms with Crippen molar-refractivity contribution in [1.82, 2.24) is 10.2 Å². The summed E-state index contributed by atoms with van der Waals surface area (Å²) in [7, 11) is 0. The molecule has 2 aromatic rings. The third-order valence-electron chi connectivity index (χ3n) is 5.55. The predicted molar refractivity (Wildman–Crippen MR) is 132 cm³/mol. The van der Waals surface area contributed by atoms with E-state index >= 15 is 0 Å². The van der Waals surface area contributed by atoms with E-state index in [0.717, 1.165) is 13.1 Å². The molecule has 1 heterocycles. The molecule has 2 aromatic carbocycles. The number of rotatable bonds is 11. The molecule has 184 valence electrons. The zero-order valence-corrected chi connectivity index (χ0v) is 20.3. The maximum atomic E-state index is 12.8. The molecule has 1 saturated heterocycles. The van der Waals surface area contributed by atoms with E-state index in [9.17, 15) is 9.59 Å². The standard InChI is InChI=1S/C26H35N3O5/c1-4-32-22-18-20(19-23(33-5-2)25(22)34-6-3)26(31)27-13-12-24(30)29-16-14-28(15-17-29)21-10-8-7-9-11-21/h7-11,18-19H,4-6,12-17H2,1-3H3,(H,27,31). The van der Waals surface area contributed by atoms with Crippen molar-refractivity contribution in [1.29, 1.82) is 0 Å². The van der Waals surface area contributed by atoms with Crippen molar-refractivity contribution in [3.8, 4) is 17.2 Å². The van der Waals surface area contributed by atoms with Crippen molar-refractivity contribution in [3.05, 3.63) is 48.0 Å². The molecule has 3 rings (SSSR count). The summed E-state index contributed by atoms with van der Waals surface area (Å²) in [5, 5.41) is 2.84. The van der Waals surface area contributed by atoms with Crippen molar-refractivity contribution in [2.75, 3.05) is 57.4 Å². The van der Waals surface area contributed by atoms with Crippen LogP contribution in [0.1, 0.15) is 37.6 Å². The fourth-order valence-electron chi connectivity index (χ4n) is 3.92. The summed E-state index contributed by atoms with van der Waals surface area (Å²) >= 11 is 0. The van der Waals surface area contributed by atoms with Gasteiger partial charge in [-0.3, -0.25) is 9.59 Å². The topological polar surface area (TPSA) is 80.3 Å². The molecular weight excluding hydrogens is 434 g/mol. The number of carbonyl (C=O) groups excluding carboxylic acids is 2. The minimum atomic E-state index is -0.286. The Morgan fingerprint density at radius 3 is 2.00 bits per heavy atom. The minimum absolute atomic E-state index is 0.0460. The number of anilines is 1. The first-order chi connectivity index (χ1) is 16.6. The van der Waals surface area contributed by atoms with E-state index in [1.165, 1.54) is 5.69 Å². The van der Waals surface area contributed by atoms with E-state index < -0.39 is 0 Å². The van der Waals surface area contributed by atoms with E-state index in [-0.39, 0.29) is 24.8 Å². The number of hydrogen-bond acceptors (Lipinski definition) is 6. The SMILES string of the molecule is CCOc1cc(C(=O)NCCC(=O)N2CCN(c3ccccc3)CC2)cc(OCC)c1OCC. The number of amides is 2. The van der Waals surface area contributed by atoms with Gasteiger partial charge in [0.05, 0.1) is 19.8 Å². The van der Waals surface area contributed by atoms with Crippen LogP contribution in [0.5, 0.6) is 17.2 Å². The molecule has 1 N–H and O–H groups in total. The van der Waals surface area contributed by atoms with Gasteiger partial charge in [-0.15, -0.1) is 0 Å². The van der Waals surface area contributed by atoms with E-state index in [4.69, 9.17) is 14.2 Å². The first-order valence-electron chi connectivity index (χ1n) is 12.0. The summed E-state index contributed by atoms with van der Waals surface area (Å²) in [6, 6.07) is 13.5. The third-order valence-corrected chi connectivity index (χ3v) is 5.55. The average Bonchev–Trinajstić information content (AvgIpc) is 2.86. The summed E-state index contributed by atoms with van der Waals surface area (Å²) in [4.78, 5) is 29.6. The first-order valence-corrected chi connectivity index (χ1v) is 12.0. The van der Waals surface area contributed by atoms with E-state index in [2.05, 4.69) is 22.3 Å². The molecule has 8 nitrogen and oxygen atoms in total. The number of piperazine rings is 1. The Morgan fingerprint density at radius 2 is 1.44 bits per heavy atom. The maximum Gasteiger partial charge on any atom is 0.251 e. The van der Waals surface area contributed by atoms with Crippen molar-refractivity contribution in [2.45, 2.75) is 27.2 Å². The highest BCUT2D eigenvalue weighted by molar-refractivity contribution is 5.95. The van der Waals surface area contributed by atoms with Gasteiger partial charge >= 0.3 is 0 Å². The Balaban J connectivity index is 1.53. The highest BCUT2D eigenvalue weighted by Crippen LogP contribution is 2.39. The lowest BCUT2D eigenvalue weighted by Crippen LogP contribution is -2.49. The summed E-state index contributed by atoms with van der Waals surface area (Å²) in [6.07, 6.45) is 0.255. The van der Waals surface area contributed by atoms with Crippen LogP contribution < -0.4 is 24.4 Å². The van der Waals surface area contributed by atoms with Crippen LogP contribution in [0.3, 0.4) is 0 Å². The van der Waals surface area contributed by atoms with Gasteiger partial charge in [-0.25, -0.2) is 0 Å². The van der Waals surface area contributed by atoms with Crippen LogP contribution in [0, 0.1) is 0 Å². The molecule has 0 atom stereocenters. The Bertz CT molecular complexity index is 916. The number of hydrogen-bond donors (Lipinski definition) is 1. The van der Waals surface area contributed by atoms with Gasteiger partial charge < -0.3 is 29.3 Å². The van der Waals surface area contributed by atoms with Crippen molar-refractivity contribution >= 4 is 17.5 Å². The Labute approximate surface area is 201 Å². The molecule has 0 aliphatic carbocycles. The molecule has 0 unspecified atom stereocenters. The number of carbonyl (C=O) groups is 2. The van der Waals surface area contributed by atoms with Gasteiger partial charge in [0.15, 0.2) is 11.5 Å². The molecule has 0 spiro atoms. The van der Waals surface area contributed by atoms with Gasteiger partial charge in [0.2, 0.25) is 11.7 Å². The van der Waals surface area contributed by atoms with Crippen LogP contribution in [-0.4, -0.2) is 69.3 Å². The molecule has 0 saturated carbocycles. The molecular formula is C26H35N3O5. The number of ether oxygens (including phenoxy) is 3. The second-order valence-corrected chi connectivity index (χ2v) is 7.81. The fourth-order valence-corrected chi connectivity index (χ4v) is 3.92. The van der Waals surface area contributed by atoms with Gasteiger partial charge in [0.25, 0.3) is 5.91 Å². The second kappa shape index (κ2) is 12.7. The molecule has 34 heavy (non-hydrogen) atoms. The van der Waals surface area contributed by atoms with Crippen LogP contribution in [-0.2, 0) is 4.79 Å². The Morgan fingerprint density at radius 1 is 0.853 bits per heavy atom. The molecule has 2 amide bonds. The lowest BCUT2D eigenvalue weighted by Gasteiger charge is -2.36.